The largest absolute Gasteiger partial charge is 0.465 e. The minimum absolute atomic E-state index is 0.195. The predicted octanol–water partition coefficient (Wildman–Crippen LogP) is 3.12. The van der Waals surface area contributed by atoms with Crippen molar-refractivity contribution in [3.63, 3.8) is 0 Å². The average Bonchev–Trinajstić information content (AvgIpc) is 2.63. The number of esters is 1. The Labute approximate surface area is 165 Å². The van der Waals surface area contributed by atoms with E-state index in [9.17, 15) is 14.4 Å². The number of nitrogens with zero attached hydrogens (tertiary/aromatic N) is 2. The number of piperidine rings is 1. The first kappa shape index (κ1) is 20.2. The number of rotatable bonds is 3. The first-order valence-electron chi connectivity index (χ1n) is 9.57. The molecule has 0 radical (unpaired) electrons. The monoisotopic (exact) mass is 388 g/mol. The van der Waals surface area contributed by atoms with Crippen LogP contribution >= 0.6 is 0 Å². The summed E-state index contributed by atoms with van der Waals surface area (Å²) in [5, 5.41) is 0. The summed E-state index contributed by atoms with van der Waals surface area (Å²) < 4.78 is 10.2. The van der Waals surface area contributed by atoms with Crippen molar-refractivity contribution in [2.24, 2.45) is 5.41 Å². The standard InChI is InChI=1S/C21H28N2O5/c1-20(2,3)28-19(26)22-9-7-21(8-10-22)13-23(14-21)16-5-6-17(18(25)27-4)15(11-16)12-24/h5-6,11-12H,7-10,13-14H2,1-4H3. The van der Waals surface area contributed by atoms with Crippen LogP contribution in [0.25, 0.3) is 0 Å². The first-order valence-corrected chi connectivity index (χ1v) is 9.57. The van der Waals surface area contributed by atoms with Crippen LogP contribution in [0.15, 0.2) is 18.2 Å². The van der Waals surface area contributed by atoms with Crippen LogP contribution in [-0.4, -0.2) is 62.1 Å². The zero-order valence-electron chi connectivity index (χ0n) is 17.0. The Balaban J connectivity index is 1.58. The molecule has 0 N–H and O–H groups in total. The van der Waals surface area contributed by atoms with Crippen LogP contribution in [0.2, 0.25) is 0 Å². The number of carbonyl (C=O) groups is 3. The lowest BCUT2D eigenvalue weighted by molar-refractivity contribution is 0.00596. The van der Waals surface area contributed by atoms with Gasteiger partial charge in [-0.3, -0.25) is 4.79 Å². The maximum Gasteiger partial charge on any atom is 0.410 e. The third-order valence-electron chi connectivity index (χ3n) is 5.46. The lowest BCUT2D eigenvalue weighted by atomic mass is 9.72. The fraction of sp³-hybridized carbons (Fsp3) is 0.571. The number of aldehydes is 1. The second-order valence-corrected chi connectivity index (χ2v) is 8.70. The van der Waals surface area contributed by atoms with Gasteiger partial charge in [0.15, 0.2) is 6.29 Å². The number of carbonyl (C=O) groups excluding carboxylic acids is 3. The lowest BCUT2D eigenvalue weighted by Crippen LogP contribution is -2.61. The van der Waals surface area contributed by atoms with Gasteiger partial charge >= 0.3 is 12.1 Å². The van der Waals surface area contributed by atoms with Gasteiger partial charge in [0.05, 0.1) is 12.7 Å². The minimum atomic E-state index is -0.511. The molecule has 2 aliphatic rings. The van der Waals surface area contributed by atoms with Crippen LogP contribution < -0.4 is 4.90 Å². The number of likely N-dealkylation sites (tertiary alicyclic amines) is 1. The van der Waals surface area contributed by atoms with Crippen molar-refractivity contribution in [3.8, 4) is 0 Å². The number of hydrogen-bond acceptors (Lipinski definition) is 6. The zero-order valence-corrected chi connectivity index (χ0v) is 17.0. The van der Waals surface area contributed by atoms with Gasteiger partial charge in [-0.05, 0) is 51.8 Å². The topological polar surface area (TPSA) is 76.2 Å². The van der Waals surface area contributed by atoms with Gasteiger partial charge in [0, 0.05) is 42.8 Å². The van der Waals surface area contributed by atoms with E-state index in [0.29, 0.717) is 24.9 Å². The normalized spacial score (nSPS) is 18.4. The van der Waals surface area contributed by atoms with Gasteiger partial charge in [-0.15, -0.1) is 0 Å². The van der Waals surface area contributed by atoms with Gasteiger partial charge in [0.25, 0.3) is 0 Å². The van der Waals surface area contributed by atoms with Crippen molar-refractivity contribution in [3.05, 3.63) is 29.3 Å². The van der Waals surface area contributed by atoms with Gasteiger partial charge in [-0.1, -0.05) is 0 Å². The van der Waals surface area contributed by atoms with E-state index >= 15 is 0 Å². The van der Waals surface area contributed by atoms with Gasteiger partial charge in [0.1, 0.15) is 5.60 Å². The molecule has 0 unspecified atom stereocenters. The second kappa shape index (κ2) is 7.45. The smallest absolute Gasteiger partial charge is 0.410 e. The molecule has 28 heavy (non-hydrogen) atoms. The molecule has 1 amide bonds. The molecule has 2 saturated heterocycles. The summed E-state index contributed by atoms with van der Waals surface area (Å²) in [4.78, 5) is 39.3. The summed E-state index contributed by atoms with van der Waals surface area (Å²) in [6.07, 6.45) is 2.31. The highest BCUT2D eigenvalue weighted by Crippen LogP contribution is 2.43. The summed E-state index contributed by atoms with van der Waals surface area (Å²) >= 11 is 0. The molecule has 3 rings (SSSR count). The molecule has 0 atom stereocenters. The van der Waals surface area contributed by atoms with Crippen LogP contribution in [-0.2, 0) is 9.47 Å². The quantitative estimate of drug-likeness (QED) is 0.585. The summed E-state index contributed by atoms with van der Waals surface area (Å²) in [5.74, 6) is -0.511. The summed E-state index contributed by atoms with van der Waals surface area (Å²) in [7, 11) is 1.30. The summed E-state index contributed by atoms with van der Waals surface area (Å²) in [5.41, 5.74) is 1.26. The van der Waals surface area contributed by atoms with Crippen LogP contribution in [0, 0.1) is 5.41 Å². The van der Waals surface area contributed by atoms with Crippen molar-refractivity contribution in [2.45, 2.75) is 39.2 Å². The van der Waals surface area contributed by atoms with Crippen LogP contribution in [0.4, 0.5) is 10.5 Å². The van der Waals surface area contributed by atoms with Gasteiger partial charge in [-0.2, -0.15) is 0 Å². The van der Waals surface area contributed by atoms with E-state index in [1.54, 1.807) is 17.0 Å². The lowest BCUT2D eigenvalue weighted by Gasteiger charge is -2.55. The van der Waals surface area contributed by atoms with Crippen molar-refractivity contribution in [1.29, 1.82) is 0 Å². The van der Waals surface area contributed by atoms with E-state index in [1.807, 2.05) is 26.8 Å². The average molecular weight is 388 g/mol. The van der Waals surface area contributed by atoms with E-state index < -0.39 is 11.6 Å². The third-order valence-corrected chi connectivity index (χ3v) is 5.46. The molecule has 152 valence electrons. The number of benzene rings is 1. The first-order chi connectivity index (χ1) is 13.2. The minimum Gasteiger partial charge on any atom is -0.465 e. The number of hydrogen-bond donors (Lipinski definition) is 0. The van der Waals surface area contributed by atoms with Crippen molar-refractivity contribution >= 4 is 24.0 Å². The van der Waals surface area contributed by atoms with Gasteiger partial charge < -0.3 is 19.3 Å². The highest BCUT2D eigenvalue weighted by atomic mass is 16.6. The molecule has 0 aromatic heterocycles. The molecule has 1 aromatic rings. The Bertz CT molecular complexity index is 767. The number of anilines is 1. The molecule has 0 bridgehead atoms. The fourth-order valence-electron chi connectivity index (χ4n) is 3.89. The Hall–Kier alpha value is -2.57. The Kier molecular flexibility index (Phi) is 5.37. The molecular weight excluding hydrogens is 360 g/mol. The van der Waals surface area contributed by atoms with Crippen LogP contribution in [0.1, 0.15) is 54.3 Å². The van der Waals surface area contributed by atoms with Crippen molar-refractivity contribution in [1.82, 2.24) is 4.90 Å². The van der Waals surface area contributed by atoms with E-state index in [-0.39, 0.29) is 17.1 Å². The Morgan fingerprint density at radius 2 is 1.79 bits per heavy atom. The molecule has 0 aliphatic carbocycles. The van der Waals surface area contributed by atoms with E-state index in [2.05, 4.69) is 4.90 Å². The molecule has 7 nitrogen and oxygen atoms in total. The number of methoxy groups -OCH3 is 1. The highest BCUT2D eigenvalue weighted by molar-refractivity contribution is 5.99. The van der Waals surface area contributed by atoms with Crippen LogP contribution in [0.5, 0.6) is 0 Å². The maximum atomic E-state index is 12.2. The third kappa shape index (κ3) is 4.13. The molecule has 2 fully saturated rings. The molecule has 7 heteroatoms. The molecule has 2 heterocycles. The SMILES string of the molecule is COC(=O)c1ccc(N2CC3(CCN(C(=O)OC(C)(C)C)CC3)C2)cc1C=O. The fourth-order valence-corrected chi connectivity index (χ4v) is 3.89. The zero-order chi connectivity index (χ0) is 20.5. The van der Waals surface area contributed by atoms with E-state index in [0.717, 1.165) is 31.6 Å². The Morgan fingerprint density at radius 1 is 1.14 bits per heavy atom. The molecule has 0 saturated carbocycles. The summed E-state index contributed by atoms with van der Waals surface area (Å²) in [6.45, 7) is 8.78. The van der Waals surface area contributed by atoms with E-state index in [4.69, 9.17) is 9.47 Å². The number of ether oxygens (including phenoxy) is 2. The molecular formula is C21H28N2O5. The van der Waals surface area contributed by atoms with Gasteiger partial charge in [-0.25, -0.2) is 9.59 Å². The Morgan fingerprint density at radius 3 is 2.32 bits per heavy atom. The maximum absolute atomic E-state index is 12.2. The number of amides is 1. The van der Waals surface area contributed by atoms with Crippen molar-refractivity contribution in [2.75, 3.05) is 38.2 Å². The molecule has 2 aliphatic heterocycles. The van der Waals surface area contributed by atoms with E-state index in [1.165, 1.54) is 7.11 Å². The highest BCUT2D eigenvalue weighted by Gasteiger charge is 2.46. The predicted molar refractivity (Wildman–Crippen MR) is 105 cm³/mol. The second-order valence-electron chi connectivity index (χ2n) is 8.70. The molecule has 1 aromatic carbocycles. The molecule has 1 spiro atoms. The van der Waals surface area contributed by atoms with Crippen LogP contribution in [0.3, 0.4) is 0 Å². The summed E-state index contributed by atoms with van der Waals surface area (Å²) in [6, 6.07) is 5.23. The van der Waals surface area contributed by atoms with Crippen molar-refractivity contribution < 1.29 is 23.9 Å². The van der Waals surface area contributed by atoms with Gasteiger partial charge in [0.2, 0.25) is 0 Å².